The van der Waals surface area contributed by atoms with Crippen molar-refractivity contribution >= 4 is 17.5 Å². The highest BCUT2D eigenvalue weighted by atomic mass is 16.5. The number of nitrogens with one attached hydrogen (secondary N) is 2. The molecule has 1 aliphatic carbocycles. The number of benzene rings is 1. The summed E-state index contributed by atoms with van der Waals surface area (Å²) in [7, 11) is 0. The molecule has 0 aromatic heterocycles. The molecule has 6 heteroatoms. The van der Waals surface area contributed by atoms with Gasteiger partial charge in [0.05, 0.1) is 12.1 Å². The molecule has 0 bridgehead atoms. The molecule has 1 aliphatic rings. The molecular formula is C14H19N3O3. The van der Waals surface area contributed by atoms with E-state index in [0.29, 0.717) is 24.6 Å². The first-order valence-corrected chi connectivity index (χ1v) is 6.57. The van der Waals surface area contributed by atoms with E-state index in [2.05, 4.69) is 10.6 Å². The van der Waals surface area contributed by atoms with E-state index in [9.17, 15) is 9.59 Å². The molecule has 20 heavy (non-hydrogen) atoms. The van der Waals surface area contributed by atoms with Gasteiger partial charge in [-0.3, -0.25) is 9.59 Å². The molecular weight excluding hydrogens is 258 g/mol. The zero-order valence-corrected chi connectivity index (χ0v) is 11.4. The monoisotopic (exact) mass is 277 g/mol. The SMILES string of the molecule is CC(=O)Nc1cccc(OCCNC(=O)C2(N)CC2)c1. The maximum atomic E-state index is 11.6. The fourth-order valence-corrected chi connectivity index (χ4v) is 1.74. The van der Waals surface area contributed by atoms with E-state index in [0.717, 1.165) is 12.8 Å². The Morgan fingerprint density at radius 2 is 2.15 bits per heavy atom. The minimum absolute atomic E-state index is 0.118. The van der Waals surface area contributed by atoms with E-state index in [1.165, 1.54) is 6.92 Å². The third-order valence-electron chi connectivity index (χ3n) is 3.05. The Hall–Kier alpha value is -2.08. The normalized spacial score (nSPS) is 15.3. The van der Waals surface area contributed by atoms with E-state index in [1.54, 1.807) is 24.3 Å². The molecule has 0 unspecified atom stereocenters. The summed E-state index contributed by atoms with van der Waals surface area (Å²) in [6.07, 6.45) is 1.50. The predicted molar refractivity (Wildman–Crippen MR) is 75.4 cm³/mol. The maximum absolute atomic E-state index is 11.6. The van der Waals surface area contributed by atoms with Gasteiger partial charge in [0.1, 0.15) is 12.4 Å². The Bertz CT molecular complexity index is 512. The molecule has 1 saturated carbocycles. The van der Waals surface area contributed by atoms with Crippen LogP contribution in [0.4, 0.5) is 5.69 Å². The topological polar surface area (TPSA) is 93.5 Å². The maximum Gasteiger partial charge on any atom is 0.240 e. The van der Waals surface area contributed by atoms with Crippen molar-refractivity contribution in [3.63, 3.8) is 0 Å². The third kappa shape index (κ3) is 3.96. The van der Waals surface area contributed by atoms with Crippen LogP contribution in [-0.4, -0.2) is 30.5 Å². The Balaban J connectivity index is 1.73. The summed E-state index contributed by atoms with van der Waals surface area (Å²) in [5, 5.41) is 5.42. The highest BCUT2D eigenvalue weighted by molar-refractivity contribution is 5.89. The summed E-state index contributed by atoms with van der Waals surface area (Å²) < 4.78 is 5.50. The molecule has 0 saturated heterocycles. The molecule has 0 spiro atoms. The first-order valence-electron chi connectivity index (χ1n) is 6.57. The van der Waals surface area contributed by atoms with Crippen molar-refractivity contribution in [2.45, 2.75) is 25.3 Å². The number of hydrogen-bond donors (Lipinski definition) is 3. The standard InChI is InChI=1S/C14H19N3O3/c1-10(18)17-11-3-2-4-12(9-11)20-8-7-16-13(19)14(15)5-6-14/h2-4,9H,5-8,15H2,1H3,(H,16,19)(H,17,18). The number of carbonyl (C=O) groups excluding carboxylic acids is 2. The van der Waals surface area contributed by atoms with Crippen LogP contribution in [0, 0.1) is 0 Å². The lowest BCUT2D eigenvalue weighted by Gasteiger charge is -2.11. The summed E-state index contributed by atoms with van der Waals surface area (Å²) in [6.45, 7) is 2.21. The lowest BCUT2D eigenvalue weighted by Crippen LogP contribution is -2.44. The fraction of sp³-hybridized carbons (Fsp3) is 0.429. The number of rotatable bonds is 6. The zero-order valence-electron chi connectivity index (χ0n) is 11.4. The highest BCUT2D eigenvalue weighted by Crippen LogP contribution is 2.31. The molecule has 2 amide bonds. The quantitative estimate of drug-likeness (QED) is 0.665. The van der Waals surface area contributed by atoms with Crippen LogP contribution in [0.3, 0.4) is 0 Å². The third-order valence-corrected chi connectivity index (χ3v) is 3.05. The molecule has 1 aromatic rings. The molecule has 6 nitrogen and oxygen atoms in total. The number of ether oxygens (including phenoxy) is 1. The number of anilines is 1. The average molecular weight is 277 g/mol. The Labute approximate surface area is 117 Å². The van der Waals surface area contributed by atoms with Gasteiger partial charge in [-0.25, -0.2) is 0 Å². The number of hydrogen-bond acceptors (Lipinski definition) is 4. The van der Waals surface area contributed by atoms with Gasteiger partial charge < -0.3 is 21.1 Å². The Kier molecular flexibility index (Phi) is 4.24. The number of nitrogens with two attached hydrogens (primary N) is 1. The number of amides is 2. The summed E-state index contributed by atoms with van der Waals surface area (Å²) in [5.74, 6) is 0.388. The summed E-state index contributed by atoms with van der Waals surface area (Å²) in [4.78, 5) is 22.5. The molecule has 1 fully saturated rings. The smallest absolute Gasteiger partial charge is 0.240 e. The fourth-order valence-electron chi connectivity index (χ4n) is 1.74. The minimum Gasteiger partial charge on any atom is -0.492 e. The van der Waals surface area contributed by atoms with Gasteiger partial charge in [-0.1, -0.05) is 6.07 Å². The van der Waals surface area contributed by atoms with E-state index in [1.807, 2.05) is 0 Å². The molecule has 0 heterocycles. The van der Waals surface area contributed by atoms with E-state index >= 15 is 0 Å². The van der Waals surface area contributed by atoms with Crippen molar-refractivity contribution in [2.75, 3.05) is 18.5 Å². The van der Waals surface area contributed by atoms with Crippen LogP contribution >= 0.6 is 0 Å². The van der Waals surface area contributed by atoms with Crippen LogP contribution in [0.5, 0.6) is 5.75 Å². The van der Waals surface area contributed by atoms with E-state index in [-0.39, 0.29) is 11.8 Å². The Morgan fingerprint density at radius 3 is 2.80 bits per heavy atom. The summed E-state index contributed by atoms with van der Waals surface area (Å²) >= 11 is 0. The first-order chi connectivity index (χ1) is 9.49. The van der Waals surface area contributed by atoms with Gasteiger partial charge in [-0.15, -0.1) is 0 Å². The van der Waals surface area contributed by atoms with Crippen LogP contribution < -0.4 is 21.1 Å². The minimum atomic E-state index is -0.647. The van der Waals surface area contributed by atoms with Gasteiger partial charge in [-0.05, 0) is 25.0 Å². The van der Waals surface area contributed by atoms with Crippen molar-refractivity contribution in [3.05, 3.63) is 24.3 Å². The molecule has 0 atom stereocenters. The molecule has 2 rings (SSSR count). The van der Waals surface area contributed by atoms with Crippen molar-refractivity contribution in [3.8, 4) is 5.75 Å². The van der Waals surface area contributed by atoms with E-state index < -0.39 is 5.54 Å². The van der Waals surface area contributed by atoms with Crippen molar-refractivity contribution < 1.29 is 14.3 Å². The molecule has 1 aromatic carbocycles. The van der Waals surface area contributed by atoms with Gasteiger partial charge >= 0.3 is 0 Å². The largest absolute Gasteiger partial charge is 0.492 e. The van der Waals surface area contributed by atoms with Crippen molar-refractivity contribution in [1.29, 1.82) is 0 Å². The van der Waals surface area contributed by atoms with E-state index in [4.69, 9.17) is 10.5 Å². The Morgan fingerprint density at radius 1 is 1.40 bits per heavy atom. The molecule has 108 valence electrons. The lowest BCUT2D eigenvalue weighted by atomic mass is 10.3. The molecule has 4 N–H and O–H groups in total. The summed E-state index contributed by atoms with van der Waals surface area (Å²) in [5.41, 5.74) is 5.79. The van der Waals surface area contributed by atoms with Crippen LogP contribution in [0.1, 0.15) is 19.8 Å². The van der Waals surface area contributed by atoms with Crippen LogP contribution in [0.15, 0.2) is 24.3 Å². The lowest BCUT2D eigenvalue weighted by molar-refractivity contribution is -0.123. The molecule has 0 radical (unpaired) electrons. The highest BCUT2D eigenvalue weighted by Gasteiger charge is 2.45. The zero-order chi connectivity index (χ0) is 14.6. The van der Waals surface area contributed by atoms with Crippen molar-refractivity contribution in [1.82, 2.24) is 5.32 Å². The second kappa shape index (κ2) is 5.92. The van der Waals surface area contributed by atoms with Gasteiger partial charge in [0, 0.05) is 18.7 Å². The summed E-state index contributed by atoms with van der Waals surface area (Å²) in [6, 6.07) is 7.09. The first kappa shape index (κ1) is 14.3. The second-order valence-corrected chi connectivity index (χ2v) is 4.97. The van der Waals surface area contributed by atoms with Gasteiger partial charge in [0.2, 0.25) is 11.8 Å². The average Bonchev–Trinajstić information content (AvgIpc) is 3.13. The van der Waals surface area contributed by atoms with Crippen LogP contribution in [0.2, 0.25) is 0 Å². The molecule has 0 aliphatic heterocycles. The van der Waals surface area contributed by atoms with Gasteiger partial charge in [0.25, 0.3) is 0 Å². The van der Waals surface area contributed by atoms with Crippen molar-refractivity contribution in [2.24, 2.45) is 5.73 Å². The second-order valence-electron chi connectivity index (χ2n) is 4.97. The van der Waals surface area contributed by atoms with Gasteiger partial charge in [0.15, 0.2) is 0 Å². The predicted octanol–water partition coefficient (Wildman–Crippen LogP) is 0.631. The van der Waals surface area contributed by atoms with Crippen LogP contribution in [-0.2, 0) is 9.59 Å². The number of carbonyl (C=O) groups is 2. The van der Waals surface area contributed by atoms with Crippen LogP contribution in [0.25, 0.3) is 0 Å². The van der Waals surface area contributed by atoms with Gasteiger partial charge in [-0.2, -0.15) is 0 Å².